The van der Waals surface area contributed by atoms with Crippen molar-refractivity contribution in [3.05, 3.63) is 91.0 Å². The third-order valence-corrected chi connectivity index (χ3v) is 3.79. The molecule has 26 heavy (non-hydrogen) atoms. The molecule has 134 valence electrons. The van der Waals surface area contributed by atoms with Crippen LogP contribution >= 0.6 is 0 Å². The number of para-hydroxylation sites is 3. The number of aliphatic carboxylic acids is 1. The molecule has 3 nitrogen and oxygen atoms in total. The molecule has 0 saturated heterocycles. The van der Waals surface area contributed by atoms with Gasteiger partial charge in [0.2, 0.25) is 0 Å². The van der Waals surface area contributed by atoms with Crippen LogP contribution in [0.5, 0.6) is 0 Å². The molecule has 3 heteroatoms. The van der Waals surface area contributed by atoms with Gasteiger partial charge in [-0.15, -0.1) is 0 Å². The first kappa shape index (κ1) is 19.3. The minimum absolute atomic E-state index is 0.316. The monoisotopic (exact) mass is 347 g/mol. The Morgan fingerprint density at radius 2 is 1.08 bits per heavy atom. The molecule has 1 N–H and O–H groups in total. The summed E-state index contributed by atoms with van der Waals surface area (Å²) in [6.45, 7) is 1.98. The van der Waals surface area contributed by atoms with E-state index < -0.39 is 5.97 Å². The lowest BCUT2D eigenvalue weighted by atomic mass is 10.2. The highest BCUT2D eigenvalue weighted by Crippen LogP contribution is 2.33. The maximum atomic E-state index is 9.76. The van der Waals surface area contributed by atoms with E-state index in [4.69, 9.17) is 5.11 Å². The van der Waals surface area contributed by atoms with Crippen LogP contribution < -0.4 is 4.90 Å². The summed E-state index contributed by atoms with van der Waals surface area (Å²) in [4.78, 5) is 12.0. The second-order valence-electron chi connectivity index (χ2n) is 5.84. The van der Waals surface area contributed by atoms with E-state index in [-0.39, 0.29) is 0 Å². The van der Waals surface area contributed by atoms with Crippen LogP contribution in [0.15, 0.2) is 91.0 Å². The molecule has 0 atom stereocenters. The molecule has 0 bridgehead atoms. The minimum Gasteiger partial charge on any atom is -0.481 e. The van der Waals surface area contributed by atoms with Crippen LogP contribution in [-0.2, 0) is 4.79 Å². The van der Waals surface area contributed by atoms with Crippen molar-refractivity contribution in [2.24, 2.45) is 0 Å². The van der Waals surface area contributed by atoms with Gasteiger partial charge < -0.3 is 10.0 Å². The van der Waals surface area contributed by atoms with Gasteiger partial charge in [-0.3, -0.25) is 4.79 Å². The highest BCUT2D eigenvalue weighted by atomic mass is 16.4. The highest BCUT2D eigenvalue weighted by Gasteiger charge is 2.10. The van der Waals surface area contributed by atoms with Crippen LogP contribution in [0.1, 0.15) is 26.2 Å². The van der Waals surface area contributed by atoms with Gasteiger partial charge in [0, 0.05) is 23.5 Å². The fourth-order valence-electron chi connectivity index (χ4n) is 2.51. The zero-order chi connectivity index (χ0) is 18.6. The van der Waals surface area contributed by atoms with Crippen LogP contribution in [0.4, 0.5) is 17.1 Å². The third kappa shape index (κ3) is 6.10. The van der Waals surface area contributed by atoms with Gasteiger partial charge in [-0.25, -0.2) is 0 Å². The Kier molecular flexibility index (Phi) is 7.94. The van der Waals surface area contributed by atoms with Crippen molar-refractivity contribution in [1.82, 2.24) is 0 Å². The summed E-state index contributed by atoms with van der Waals surface area (Å²) < 4.78 is 0. The molecule has 0 saturated carbocycles. The van der Waals surface area contributed by atoms with Crippen LogP contribution in [0.25, 0.3) is 0 Å². The van der Waals surface area contributed by atoms with Crippen molar-refractivity contribution in [3.8, 4) is 0 Å². The predicted octanol–water partition coefficient (Wildman–Crippen LogP) is 6.42. The van der Waals surface area contributed by atoms with E-state index in [2.05, 4.69) is 77.7 Å². The van der Waals surface area contributed by atoms with E-state index in [0.29, 0.717) is 6.42 Å². The van der Waals surface area contributed by atoms with Gasteiger partial charge in [0.1, 0.15) is 0 Å². The van der Waals surface area contributed by atoms with Gasteiger partial charge in [-0.05, 0) is 42.8 Å². The third-order valence-electron chi connectivity index (χ3n) is 3.79. The van der Waals surface area contributed by atoms with Gasteiger partial charge in [0.25, 0.3) is 0 Å². The molecule has 0 heterocycles. The Balaban J connectivity index is 0.000000298. The predicted molar refractivity (Wildman–Crippen MR) is 108 cm³/mol. The number of hydrogen-bond acceptors (Lipinski definition) is 2. The quantitative estimate of drug-likeness (QED) is 0.559. The smallest absolute Gasteiger partial charge is 0.303 e. The zero-order valence-electron chi connectivity index (χ0n) is 15.1. The molecule has 0 aliphatic heterocycles. The summed E-state index contributed by atoms with van der Waals surface area (Å²) in [5.74, 6) is -0.693. The number of hydrogen-bond donors (Lipinski definition) is 1. The standard InChI is InChI=1S/C18H15N.C5H10O2/c1-4-10-16(11-5-1)19(17-12-6-2-7-13-17)18-14-8-3-9-15-18;1-2-3-4-5(6)7/h1-15H;2-4H2,1H3,(H,6,7). The summed E-state index contributed by atoms with van der Waals surface area (Å²) >= 11 is 0. The van der Waals surface area contributed by atoms with E-state index in [9.17, 15) is 4.79 Å². The lowest BCUT2D eigenvalue weighted by molar-refractivity contribution is -0.137. The van der Waals surface area contributed by atoms with Crippen molar-refractivity contribution in [2.75, 3.05) is 4.90 Å². The molecular formula is C23H25NO2. The molecule has 0 unspecified atom stereocenters. The number of benzene rings is 3. The Morgan fingerprint density at radius 3 is 1.31 bits per heavy atom. The summed E-state index contributed by atoms with van der Waals surface area (Å²) in [6.07, 6.45) is 2.08. The van der Waals surface area contributed by atoms with Crippen molar-refractivity contribution >= 4 is 23.0 Å². The van der Waals surface area contributed by atoms with Crippen molar-refractivity contribution in [3.63, 3.8) is 0 Å². The molecule has 3 rings (SSSR count). The molecule has 0 amide bonds. The summed E-state index contributed by atoms with van der Waals surface area (Å²) in [7, 11) is 0. The van der Waals surface area contributed by atoms with Crippen LogP contribution in [0.3, 0.4) is 0 Å². The van der Waals surface area contributed by atoms with E-state index in [1.165, 1.54) is 17.1 Å². The molecular weight excluding hydrogens is 322 g/mol. The van der Waals surface area contributed by atoms with Crippen LogP contribution in [0, 0.1) is 0 Å². The normalized spacial score (nSPS) is 9.73. The SMILES string of the molecule is CCCCC(=O)O.c1ccc(N(c2ccccc2)c2ccccc2)cc1. The number of carboxylic acids is 1. The average molecular weight is 347 g/mol. The van der Waals surface area contributed by atoms with Crippen LogP contribution in [-0.4, -0.2) is 11.1 Å². The first-order valence-corrected chi connectivity index (χ1v) is 8.89. The fourth-order valence-corrected chi connectivity index (χ4v) is 2.51. The number of rotatable bonds is 6. The van der Waals surface area contributed by atoms with Gasteiger partial charge in [-0.1, -0.05) is 67.9 Å². The maximum absolute atomic E-state index is 9.76. The number of nitrogens with zero attached hydrogens (tertiary/aromatic N) is 1. The van der Waals surface area contributed by atoms with E-state index in [1.807, 2.05) is 25.1 Å². The van der Waals surface area contributed by atoms with E-state index in [1.54, 1.807) is 0 Å². The molecule has 3 aromatic rings. The first-order valence-electron chi connectivity index (χ1n) is 8.89. The lowest BCUT2D eigenvalue weighted by Gasteiger charge is -2.25. The molecule has 0 aliphatic carbocycles. The first-order chi connectivity index (χ1) is 12.7. The van der Waals surface area contributed by atoms with Gasteiger partial charge in [0.15, 0.2) is 0 Å². The molecule has 3 aromatic carbocycles. The van der Waals surface area contributed by atoms with Crippen molar-refractivity contribution in [2.45, 2.75) is 26.2 Å². The second kappa shape index (κ2) is 10.7. The van der Waals surface area contributed by atoms with Gasteiger partial charge >= 0.3 is 5.97 Å². The molecule has 0 aliphatic rings. The molecule has 0 aromatic heterocycles. The topological polar surface area (TPSA) is 40.5 Å². The Bertz CT molecular complexity index is 664. The van der Waals surface area contributed by atoms with Crippen molar-refractivity contribution < 1.29 is 9.90 Å². The van der Waals surface area contributed by atoms with Crippen molar-refractivity contribution in [1.29, 1.82) is 0 Å². The summed E-state index contributed by atoms with van der Waals surface area (Å²) in [5, 5.41) is 8.04. The maximum Gasteiger partial charge on any atom is 0.303 e. The fraction of sp³-hybridized carbons (Fsp3) is 0.174. The number of carbonyl (C=O) groups is 1. The second-order valence-corrected chi connectivity index (χ2v) is 5.84. The largest absolute Gasteiger partial charge is 0.481 e. The van der Waals surface area contributed by atoms with E-state index >= 15 is 0 Å². The Labute approximate surface area is 155 Å². The van der Waals surface area contributed by atoms with Gasteiger partial charge in [-0.2, -0.15) is 0 Å². The minimum atomic E-state index is -0.693. The Hall–Kier alpha value is -3.07. The highest BCUT2D eigenvalue weighted by molar-refractivity contribution is 5.76. The van der Waals surface area contributed by atoms with Crippen LogP contribution in [0.2, 0.25) is 0 Å². The number of carboxylic acid groups (broad SMARTS) is 1. The summed E-state index contributed by atoms with van der Waals surface area (Å²) in [6, 6.07) is 31.3. The molecule has 0 radical (unpaired) electrons. The number of unbranched alkanes of at least 4 members (excludes halogenated alkanes) is 1. The van der Waals surface area contributed by atoms with Gasteiger partial charge in [0.05, 0.1) is 0 Å². The number of anilines is 3. The lowest BCUT2D eigenvalue weighted by Crippen LogP contribution is -2.09. The zero-order valence-corrected chi connectivity index (χ0v) is 15.1. The van der Waals surface area contributed by atoms with E-state index in [0.717, 1.165) is 12.8 Å². The molecule has 0 fully saturated rings. The average Bonchev–Trinajstić information content (AvgIpc) is 2.70. The Morgan fingerprint density at radius 1 is 0.731 bits per heavy atom. The molecule has 0 spiro atoms. The summed E-state index contributed by atoms with van der Waals surface area (Å²) in [5.41, 5.74) is 3.50.